The fourth-order valence-electron chi connectivity index (χ4n) is 4.44. The standard InChI is InChI=1S/C33H35NO3/c1-2-3-6-9-26-10-12-27(13-11-26)14-15-28-16-17-30-25-31(19-18-29(30)24-28)37-23-8-5-4-7-22-34-32(35)20-21-33(34)36/h10-13,16-21,24-25H,2-9,22-23H2,1H3. The zero-order valence-corrected chi connectivity index (χ0v) is 21.7. The molecule has 0 fully saturated rings. The maximum absolute atomic E-state index is 11.5. The molecule has 1 aliphatic heterocycles. The maximum atomic E-state index is 11.5. The van der Waals surface area contributed by atoms with Crippen molar-refractivity contribution < 1.29 is 14.3 Å². The smallest absolute Gasteiger partial charge is 0.253 e. The lowest BCUT2D eigenvalue weighted by molar-refractivity contribution is -0.136. The number of aryl methyl sites for hydroxylation is 1. The number of imide groups is 1. The van der Waals surface area contributed by atoms with Crippen LogP contribution in [0.2, 0.25) is 0 Å². The molecule has 2 amide bonds. The van der Waals surface area contributed by atoms with Crippen LogP contribution >= 0.6 is 0 Å². The van der Waals surface area contributed by atoms with Crippen LogP contribution in [0.3, 0.4) is 0 Å². The second-order valence-electron chi connectivity index (χ2n) is 9.55. The largest absolute Gasteiger partial charge is 0.494 e. The number of nitrogens with zero attached hydrogens (tertiary/aromatic N) is 1. The van der Waals surface area contributed by atoms with Crippen molar-refractivity contribution in [2.45, 2.75) is 58.3 Å². The van der Waals surface area contributed by atoms with Gasteiger partial charge in [-0.3, -0.25) is 14.5 Å². The summed E-state index contributed by atoms with van der Waals surface area (Å²) in [4.78, 5) is 24.4. The van der Waals surface area contributed by atoms with Crippen LogP contribution in [0, 0.1) is 11.8 Å². The number of amides is 2. The van der Waals surface area contributed by atoms with E-state index in [1.54, 1.807) is 0 Å². The highest BCUT2D eigenvalue weighted by Gasteiger charge is 2.22. The zero-order chi connectivity index (χ0) is 25.9. The molecule has 0 saturated carbocycles. The van der Waals surface area contributed by atoms with E-state index in [-0.39, 0.29) is 11.8 Å². The van der Waals surface area contributed by atoms with Gasteiger partial charge < -0.3 is 4.74 Å². The summed E-state index contributed by atoms with van der Waals surface area (Å²) in [5.74, 6) is 7.04. The Labute approximate surface area is 220 Å². The van der Waals surface area contributed by atoms with E-state index in [4.69, 9.17) is 4.74 Å². The molecule has 0 bridgehead atoms. The van der Waals surface area contributed by atoms with Gasteiger partial charge in [0.25, 0.3) is 11.8 Å². The van der Waals surface area contributed by atoms with Crippen LogP contribution in [0.25, 0.3) is 10.8 Å². The first-order valence-corrected chi connectivity index (χ1v) is 13.4. The number of carbonyl (C=O) groups is 2. The molecule has 190 valence electrons. The molecule has 4 heteroatoms. The zero-order valence-electron chi connectivity index (χ0n) is 21.7. The van der Waals surface area contributed by atoms with Gasteiger partial charge in [-0.05, 0) is 78.4 Å². The van der Waals surface area contributed by atoms with E-state index in [1.165, 1.54) is 41.9 Å². The molecule has 0 radical (unpaired) electrons. The van der Waals surface area contributed by atoms with Crippen molar-refractivity contribution in [3.8, 4) is 17.6 Å². The van der Waals surface area contributed by atoms with Crippen molar-refractivity contribution in [2.75, 3.05) is 13.2 Å². The third-order valence-corrected chi connectivity index (χ3v) is 6.63. The molecule has 0 saturated heterocycles. The first kappa shape index (κ1) is 26.2. The lowest BCUT2D eigenvalue weighted by atomic mass is 10.0. The van der Waals surface area contributed by atoms with Gasteiger partial charge in [0.1, 0.15) is 5.75 Å². The fourth-order valence-corrected chi connectivity index (χ4v) is 4.44. The third kappa shape index (κ3) is 7.82. The summed E-state index contributed by atoms with van der Waals surface area (Å²) in [7, 11) is 0. The van der Waals surface area contributed by atoms with Crippen molar-refractivity contribution in [3.05, 3.63) is 89.5 Å². The summed E-state index contributed by atoms with van der Waals surface area (Å²) in [6.45, 7) is 3.37. The van der Waals surface area contributed by atoms with Crippen LogP contribution in [0.1, 0.15) is 68.6 Å². The predicted octanol–water partition coefficient (Wildman–Crippen LogP) is 6.84. The van der Waals surface area contributed by atoms with E-state index < -0.39 is 0 Å². The molecule has 1 heterocycles. The molecule has 3 aromatic carbocycles. The van der Waals surface area contributed by atoms with Gasteiger partial charge in [0.15, 0.2) is 0 Å². The Kier molecular flexibility index (Phi) is 9.54. The molecule has 1 aliphatic rings. The van der Waals surface area contributed by atoms with Gasteiger partial charge in [0.05, 0.1) is 6.61 Å². The summed E-state index contributed by atoms with van der Waals surface area (Å²) in [5, 5.41) is 2.28. The van der Waals surface area contributed by atoms with E-state index >= 15 is 0 Å². The third-order valence-electron chi connectivity index (χ3n) is 6.63. The summed E-state index contributed by atoms with van der Waals surface area (Å²) in [6, 6.07) is 21.1. The number of carbonyl (C=O) groups excluding carboxylic acids is 2. The molecule has 37 heavy (non-hydrogen) atoms. The van der Waals surface area contributed by atoms with Gasteiger partial charge in [-0.25, -0.2) is 0 Å². The van der Waals surface area contributed by atoms with Gasteiger partial charge in [-0.2, -0.15) is 0 Å². The highest BCUT2D eigenvalue weighted by atomic mass is 16.5. The topological polar surface area (TPSA) is 46.6 Å². The molecule has 0 atom stereocenters. The van der Waals surface area contributed by atoms with Crippen LogP contribution < -0.4 is 4.74 Å². The Morgan fingerprint density at radius 2 is 1.38 bits per heavy atom. The van der Waals surface area contributed by atoms with Crippen molar-refractivity contribution in [2.24, 2.45) is 0 Å². The minimum Gasteiger partial charge on any atom is -0.494 e. The Hall–Kier alpha value is -3.84. The highest BCUT2D eigenvalue weighted by molar-refractivity contribution is 6.12. The van der Waals surface area contributed by atoms with E-state index in [9.17, 15) is 9.59 Å². The van der Waals surface area contributed by atoms with Gasteiger partial charge in [-0.15, -0.1) is 0 Å². The van der Waals surface area contributed by atoms with E-state index in [2.05, 4.69) is 73.4 Å². The van der Waals surface area contributed by atoms with Gasteiger partial charge >= 0.3 is 0 Å². The first-order chi connectivity index (χ1) is 18.1. The second-order valence-corrected chi connectivity index (χ2v) is 9.55. The molecular weight excluding hydrogens is 458 g/mol. The Morgan fingerprint density at radius 1 is 0.703 bits per heavy atom. The average molecular weight is 494 g/mol. The monoisotopic (exact) mass is 493 g/mol. The van der Waals surface area contributed by atoms with Crippen LogP contribution in [0.4, 0.5) is 0 Å². The van der Waals surface area contributed by atoms with Gasteiger partial charge in [0.2, 0.25) is 0 Å². The normalized spacial score (nSPS) is 12.7. The number of benzene rings is 3. The Bertz CT molecular complexity index is 1290. The van der Waals surface area contributed by atoms with Gasteiger partial charge in [0, 0.05) is 29.8 Å². The molecule has 0 spiro atoms. The van der Waals surface area contributed by atoms with Crippen LogP contribution in [-0.2, 0) is 16.0 Å². The average Bonchev–Trinajstić information content (AvgIpc) is 3.24. The molecule has 4 nitrogen and oxygen atoms in total. The lowest BCUT2D eigenvalue weighted by Gasteiger charge is -2.13. The predicted molar refractivity (Wildman–Crippen MR) is 149 cm³/mol. The molecule has 0 N–H and O–H groups in total. The number of unbranched alkanes of at least 4 members (excludes halogenated alkanes) is 5. The minimum absolute atomic E-state index is 0.202. The second kappa shape index (κ2) is 13.5. The number of fused-ring (bicyclic) bond motifs is 1. The SMILES string of the molecule is CCCCCc1ccc(C#Cc2ccc3cc(OCCCCCCN4C(=O)C=CC4=O)ccc3c2)cc1. The minimum atomic E-state index is -0.202. The molecule has 0 unspecified atom stereocenters. The first-order valence-electron chi connectivity index (χ1n) is 13.4. The molecule has 0 aromatic heterocycles. The van der Waals surface area contributed by atoms with Crippen LogP contribution in [0.15, 0.2) is 72.8 Å². The number of hydrogen-bond acceptors (Lipinski definition) is 3. The Morgan fingerprint density at radius 3 is 2.16 bits per heavy atom. The highest BCUT2D eigenvalue weighted by Crippen LogP contribution is 2.22. The van der Waals surface area contributed by atoms with Gasteiger partial charge in [-0.1, -0.05) is 68.7 Å². The summed E-state index contributed by atoms with van der Waals surface area (Å²) < 4.78 is 5.95. The number of ether oxygens (including phenoxy) is 1. The van der Waals surface area contributed by atoms with Crippen LogP contribution in [0.5, 0.6) is 5.75 Å². The van der Waals surface area contributed by atoms with Crippen molar-refractivity contribution in [1.82, 2.24) is 4.90 Å². The quantitative estimate of drug-likeness (QED) is 0.158. The molecule has 4 rings (SSSR count). The van der Waals surface area contributed by atoms with Crippen molar-refractivity contribution in [3.63, 3.8) is 0 Å². The number of hydrogen-bond donors (Lipinski definition) is 0. The van der Waals surface area contributed by atoms with E-state index in [1.807, 2.05) is 6.07 Å². The summed E-state index contributed by atoms with van der Waals surface area (Å²) in [5.41, 5.74) is 3.42. The molecular formula is C33H35NO3. The van der Waals surface area contributed by atoms with Crippen molar-refractivity contribution >= 4 is 22.6 Å². The fraction of sp³-hybridized carbons (Fsp3) is 0.333. The summed E-state index contributed by atoms with van der Waals surface area (Å²) in [6.07, 6.45) is 11.3. The molecule has 3 aromatic rings. The van der Waals surface area contributed by atoms with Crippen molar-refractivity contribution in [1.29, 1.82) is 0 Å². The Balaban J connectivity index is 1.21. The van der Waals surface area contributed by atoms with E-state index in [0.717, 1.165) is 59.8 Å². The lowest BCUT2D eigenvalue weighted by Crippen LogP contribution is -2.30. The van der Waals surface area contributed by atoms with E-state index in [0.29, 0.717) is 13.2 Å². The van der Waals surface area contributed by atoms with Crippen LogP contribution in [-0.4, -0.2) is 29.9 Å². The summed E-state index contributed by atoms with van der Waals surface area (Å²) >= 11 is 0. The molecule has 0 aliphatic carbocycles. The maximum Gasteiger partial charge on any atom is 0.253 e. The number of rotatable bonds is 12.